The minimum absolute atomic E-state index is 0.173. The van der Waals surface area contributed by atoms with E-state index in [1.807, 2.05) is 0 Å². The van der Waals surface area contributed by atoms with Crippen molar-refractivity contribution in [1.29, 1.82) is 0 Å². The predicted octanol–water partition coefficient (Wildman–Crippen LogP) is 2.42. The quantitative estimate of drug-likeness (QED) is 0.699. The van der Waals surface area contributed by atoms with Gasteiger partial charge in [0.1, 0.15) is 0 Å². The van der Waals surface area contributed by atoms with Crippen LogP contribution >= 0.6 is 0 Å². The Morgan fingerprint density at radius 1 is 0.893 bits per heavy atom. The van der Waals surface area contributed by atoms with Crippen molar-refractivity contribution in [3.8, 4) is 0 Å². The summed E-state index contributed by atoms with van der Waals surface area (Å²) in [5.41, 5.74) is 0.232. The topological polar surface area (TPSA) is 84.0 Å². The van der Waals surface area contributed by atoms with Crippen molar-refractivity contribution in [3.63, 3.8) is 0 Å². The van der Waals surface area contributed by atoms with Crippen LogP contribution in [-0.4, -0.2) is 61.8 Å². The lowest BCUT2D eigenvalue weighted by atomic mass is 10.2. The Morgan fingerprint density at radius 2 is 1.43 bits per heavy atom. The molecule has 1 aromatic rings. The molecule has 0 saturated carbocycles. The van der Waals surface area contributed by atoms with Crippen LogP contribution in [0, 0.1) is 0 Å². The molecule has 0 N–H and O–H groups in total. The van der Waals surface area contributed by atoms with Crippen LogP contribution < -0.4 is 0 Å². The van der Waals surface area contributed by atoms with E-state index >= 15 is 0 Å². The zero-order valence-electron chi connectivity index (χ0n) is 16.3. The molecule has 0 aliphatic carbocycles. The van der Waals surface area contributed by atoms with E-state index in [0.29, 0.717) is 26.2 Å². The second-order valence-electron chi connectivity index (χ2n) is 7.42. The second-order valence-corrected chi connectivity index (χ2v) is 9.36. The van der Waals surface area contributed by atoms with Gasteiger partial charge in [-0.3, -0.25) is 4.79 Å². The maximum atomic E-state index is 12.8. The first-order valence-corrected chi connectivity index (χ1v) is 11.4. The van der Waals surface area contributed by atoms with Crippen LogP contribution in [-0.2, 0) is 19.6 Å². The van der Waals surface area contributed by atoms with Gasteiger partial charge >= 0.3 is 5.97 Å². The van der Waals surface area contributed by atoms with Crippen LogP contribution in [0.15, 0.2) is 29.2 Å². The number of likely N-dealkylation sites (tertiary alicyclic amines) is 1. The summed E-state index contributed by atoms with van der Waals surface area (Å²) >= 11 is 0. The molecule has 154 valence electrons. The maximum Gasteiger partial charge on any atom is 0.338 e. The molecule has 2 fully saturated rings. The molecular weight excluding hydrogens is 380 g/mol. The number of benzene rings is 1. The number of nitrogens with zero attached hydrogens (tertiary/aromatic N) is 2. The Morgan fingerprint density at radius 3 is 2.00 bits per heavy atom. The molecule has 0 aromatic heterocycles. The maximum absolute atomic E-state index is 12.8. The van der Waals surface area contributed by atoms with Gasteiger partial charge in [0, 0.05) is 26.2 Å². The van der Waals surface area contributed by atoms with E-state index in [1.54, 1.807) is 11.8 Å². The smallest absolute Gasteiger partial charge is 0.338 e. The summed E-state index contributed by atoms with van der Waals surface area (Å²) in [6.07, 6.45) is 4.92. The summed E-state index contributed by atoms with van der Waals surface area (Å²) < 4.78 is 32.4. The molecule has 2 saturated heterocycles. The van der Waals surface area contributed by atoms with E-state index in [2.05, 4.69) is 0 Å². The van der Waals surface area contributed by atoms with Gasteiger partial charge in [0.2, 0.25) is 10.0 Å². The summed E-state index contributed by atoms with van der Waals surface area (Å²) in [6, 6.07) is 5.76. The van der Waals surface area contributed by atoms with E-state index in [0.717, 1.165) is 38.5 Å². The third kappa shape index (κ3) is 4.72. The molecule has 2 aliphatic rings. The predicted molar refractivity (Wildman–Crippen MR) is 104 cm³/mol. The van der Waals surface area contributed by atoms with Crippen molar-refractivity contribution in [3.05, 3.63) is 29.8 Å². The lowest BCUT2D eigenvalue weighted by molar-refractivity contribution is -0.138. The molecule has 7 nitrogen and oxygen atoms in total. The zero-order chi connectivity index (χ0) is 20.1. The summed E-state index contributed by atoms with van der Waals surface area (Å²) in [5.74, 6) is -0.815. The van der Waals surface area contributed by atoms with Gasteiger partial charge in [-0.1, -0.05) is 12.8 Å². The highest BCUT2D eigenvalue weighted by molar-refractivity contribution is 7.89. The molecule has 1 amide bonds. The monoisotopic (exact) mass is 408 g/mol. The summed E-state index contributed by atoms with van der Waals surface area (Å²) in [4.78, 5) is 26.5. The second kappa shape index (κ2) is 9.05. The fourth-order valence-corrected chi connectivity index (χ4v) is 5.18. The number of rotatable bonds is 5. The van der Waals surface area contributed by atoms with Crippen molar-refractivity contribution in [2.45, 2.75) is 56.4 Å². The van der Waals surface area contributed by atoms with Crippen LogP contribution in [0.2, 0.25) is 0 Å². The van der Waals surface area contributed by atoms with Gasteiger partial charge in [0.05, 0.1) is 10.5 Å². The minimum Gasteiger partial charge on any atom is -0.449 e. The van der Waals surface area contributed by atoms with E-state index in [-0.39, 0.29) is 16.4 Å². The van der Waals surface area contributed by atoms with Gasteiger partial charge in [-0.25, -0.2) is 13.2 Å². The normalized spacial score (nSPS) is 19.8. The van der Waals surface area contributed by atoms with Gasteiger partial charge in [0.25, 0.3) is 5.91 Å². The minimum atomic E-state index is -3.55. The molecule has 2 heterocycles. The highest BCUT2D eigenvalue weighted by atomic mass is 32.2. The average molecular weight is 409 g/mol. The molecule has 1 aromatic carbocycles. The zero-order valence-corrected chi connectivity index (χ0v) is 17.1. The highest BCUT2D eigenvalue weighted by Crippen LogP contribution is 2.21. The number of hydrogen-bond acceptors (Lipinski definition) is 5. The van der Waals surface area contributed by atoms with Gasteiger partial charge in [-0.15, -0.1) is 0 Å². The molecule has 1 unspecified atom stereocenters. The molecule has 8 heteroatoms. The molecule has 0 bridgehead atoms. The van der Waals surface area contributed by atoms with Crippen LogP contribution in [0.3, 0.4) is 0 Å². The Balaban J connectivity index is 1.64. The molecular formula is C20H28N2O5S. The van der Waals surface area contributed by atoms with Gasteiger partial charge in [-0.2, -0.15) is 4.31 Å². The number of carbonyl (C=O) groups excluding carboxylic acids is 2. The van der Waals surface area contributed by atoms with Crippen molar-refractivity contribution in [2.75, 3.05) is 26.2 Å². The lowest BCUT2D eigenvalue weighted by Gasteiger charge is -2.21. The Kier molecular flexibility index (Phi) is 6.72. The van der Waals surface area contributed by atoms with E-state index in [4.69, 9.17) is 4.74 Å². The molecule has 0 spiro atoms. The third-order valence-electron chi connectivity index (χ3n) is 5.34. The van der Waals surface area contributed by atoms with Crippen LogP contribution in [0.1, 0.15) is 55.8 Å². The fraction of sp³-hybridized carbons (Fsp3) is 0.600. The van der Waals surface area contributed by atoms with Crippen LogP contribution in [0.5, 0.6) is 0 Å². The van der Waals surface area contributed by atoms with Crippen molar-refractivity contribution in [1.82, 2.24) is 9.21 Å². The van der Waals surface area contributed by atoms with Gasteiger partial charge < -0.3 is 9.64 Å². The molecule has 2 aliphatic heterocycles. The molecule has 28 heavy (non-hydrogen) atoms. The van der Waals surface area contributed by atoms with Crippen molar-refractivity contribution < 1.29 is 22.7 Å². The van der Waals surface area contributed by atoms with Gasteiger partial charge in [0.15, 0.2) is 6.10 Å². The third-order valence-corrected chi connectivity index (χ3v) is 7.26. The number of esters is 1. The van der Waals surface area contributed by atoms with E-state index in [1.165, 1.54) is 28.6 Å². The first kappa shape index (κ1) is 20.8. The fourth-order valence-electron chi connectivity index (χ4n) is 3.67. The first-order valence-electron chi connectivity index (χ1n) is 9.99. The van der Waals surface area contributed by atoms with Crippen molar-refractivity contribution in [2.24, 2.45) is 0 Å². The average Bonchev–Trinajstić information content (AvgIpc) is 3.08. The van der Waals surface area contributed by atoms with Crippen LogP contribution in [0.25, 0.3) is 0 Å². The molecule has 3 rings (SSSR count). The largest absolute Gasteiger partial charge is 0.449 e. The SMILES string of the molecule is CC(OC(=O)c1ccc(S(=O)(=O)N2CCCCCC2)cc1)C(=O)N1CCCC1. The number of hydrogen-bond donors (Lipinski definition) is 0. The molecule has 0 radical (unpaired) electrons. The number of ether oxygens (including phenoxy) is 1. The van der Waals surface area contributed by atoms with E-state index in [9.17, 15) is 18.0 Å². The number of sulfonamides is 1. The standard InChI is InChI=1S/C20H28N2O5S/c1-16(19(23)21-12-6-7-13-21)27-20(24)17-8-10-18(11-9-17)28(25,26)22-14-4-2-3-5-15-22/h8-11,16H,2-7,12-15H2,1H3. The Labute approximate surface area is 166 Å². The lowest BCUT2D eigenvalue weighted by Crippen LogP contribution is -2.38. The summed E-state index contributed by atoms with van der Waals surface area (Å²) in [6.45, 7) is 4.02. The summed E-state index contributed by atoms with van der Waals surface area (Å²) in [5, 5.41) is 0. The number of amides is 1. The highest BCUT2D eigenvalue weighted by Gasteiger charge is 2.27. The number of carbonyl (C=O) groups is 2. The van der Waals surface area contributed by atoms with E-state index < -0.39 is 22.1 Å². The van der Waals surface area contributed by atoms with Gasteiger partial charge in [-0.05, 0) is 56.9 Å². The summed E-state index contributed by atoms with van der Waals surface area (Å²) in [7, 11) is -3.55. The Bertz CT molecular complexity index is 792. The molecule has 1 atom stereocenters. The Hall–Kier alpha value is -1.93. The van der Waals surface area contributed by atoms with Crippen LogP contribution in [0.4, 0.5) is 0 Å². The van der Waals surface area contributed by atoms with Crippen molar-refractivity contribution >= 4 is 21.9 Å². The first-order chi connectivity index (χ1) is 13.4.